The van der Waals surface area contributed by atoms with Crippen molar-refractivity contribution >= 4 is 5.65 Å². The van der Waals surface area contributed by atoms with Crippen molar-refractivity contribution in [2.45, 2.75) is 19.3 Å². The number of halogens is 6. The molecular formula is C21H13F6N3. The van der Waals surface area contributed by atoms with Crippen LogP contribution in [0, 0.1) is 6.92 Å². The highest BCUT2D eigenvalue weighted by atomic mass is 19.4. The first kappa shape index (κ1) is 19.9. The monoisotopic (exact) mass is 421 g/mol. The number of hydrogen-bond acceptors (Lipinski definition) is 2. The smallest absolute Gasteiger partial charge is 0.228 e. The lowest BCUT2D eigenvalue weighted by Gasteiger charge is -2.12. The van der Waals surface area contributed by atoms with Gasteiger partial charge in [-0.2, -0.15) is 31.4 Å². The molecule has 0 aliphatic heterocycles. The minimum Gasteiger partial charge on any atom is -0.228 e. The van der Waals surface area contributed by atoms with Crippen LogP contribution in [0.15, 0.2) is 60.7 Å². The zero-order valence-corrected chi connectivity index (χ0v) is 15.4. The fourth-order valence-corrected chi connectivity index (χ4v) is 3.16. The zero-order valence-electron chi connectivity index (χ0n) is 15.4. The summed E-state index contributed by atoms with van der Waals surface area (Å²) >= 11 is 0. The zero-order chi connectivity index (χ0) is 21.7. The Labute approximate surface area is 166 Å². The number of aryl methyl sites for hydroxylation is 1. The van der Waals surface area contributed by atoms with Crippen LogP contribution in [0.3, 0.4) is 0 Å². The summed E-state index contributed by atoms with van der Waals surface area (Å²) in [5.74, 6) is 0. The van der Waals surface area contributed by atoms with Crippen LogP contribution in [0.1, 0.15) is 17.0 Å². The molecule has 0 radical (unpaired) electrons. The molecule has 4 rings (SSSR count). The molecule has 0 bridgehead atoms. The van der Waals surface area contributed by atoms with Crippen LogP contribution in [-0.4, -0.2) is 14.6 Å². The van der Waals surface area contributed by atoms with Crippen molar-refractivity contribution in [2.75, 3.05) is 0 Å². The SMILES string of the molecule is Cc1ccc(-c2cc(C(F)(F)F)n3nc(C(F)(F)F)c(-c4ccccc4)c3n2)cc1. The van der Waals surface area contributed by atoms with E-state index >= 15 is 0 Å². The third kappa shape index (κ3) is 3.51. The highest BCUT2D eigenvalue weighted by Crippen LogP contribution is 2.41. The lowest BCUT2D eigenvalue weighted by atomic mass is 10.0. The van der Waals surface area contributed by atoms with E-state index in [2.05, 4.69) is 10.1 Å². The van der Waals surface area contributed by atoms with E-state index in [1.807, 2.05) is 6.92 Å². The van der Waals surface area contributed by atoms with Gasteiger partial charge in [-0.25, -0.2) is 9.50 Å². The molecule has 0 aliphatic carbocycles. The van der Waals surface area contributed by atoms with Crippen LogP contribution in [0.4, 0.5) is 26.3 Å². The highest BCUT2D eigenvalue weighted by Gasteiger charge is 2.42. The fourth-order valence-electron chi connectivity index (χ4n) is 3.16. The van der Waals surface area contributed by atoms with Crippen LogP contribution in [0.25, 0.3) is 28.0 Å². The van der Waals surface area contributed by atoms with Crippen LogP contribution in [0.5, 0.6) is 0 Å². The third-order valence-corrected chi connectivity index (χ3v) is 4.56. The van der Waals surface area contributed by atoms with Gasteiger partial charge < -0.3 is 0 Å². The summed E-state index contributed by atoms with van der Waals surface area (Å²) < 4.78 is 82.5. The van der Waals surface area contributed by atoms with Crippen molar-refractivity contribution in [1.82, 2.24) is 14.6 Å². The predicted octanol–water partition coefficient (Wildman–Crippen LogP) is 6.41. The molecule has 0 spiro atoms. The Morgan fingerprint density at radius 2 is 1.40 bits per heavy atom. The number of hydrogen-bond donors (Lipinski definition) is 0. The second kappa shape index (κ2) is 6.86. The minimum atomic E-state index is -4.97. The molecule has 2 aromatic heterocycles. The van der Waals surface area contributed by atoms with Gasteiger partial charge in [-0.1, -0.05) is 60.2 Å². The molecule has 2 aromatic carbocycles. The maximum absolute atomic E-state index is 13.7. The number of benzene rings is 2. The molecule has 2 heterocycles. The summed E-state index contributed by atoms with van der Waals surface area (Å²) in [4.78, 5) is 4.16. The van der Waals surface area contributed by atoms with Gasteiger partial charge in [0, 0.05) is 5.56 Å². The van der Waals surface area contributed by atoms with Crippen molar-refractivity contribution in [3.8, 4) is 22.4 Å². The van der Waals surface area contributed by atoms with Gasteiger partial charge in [0.15, 0.2) is 17.0 Å². The van der Waals surface area contributed by atoms with Crippen molar-refractivity contribution in [3.05, 3.63) is 77.6 Å². The first-order chi connectivity index (χ1) is 14.1. The van der Waals surface area contributed by atoms with Gasteiger partial charge in [0.05, 0.1) is 11.3 Å². The predicted molar refractivity (Wildman–Crippen MR) is 98.6 cm³/mol. The van der Waals surface area contributed by atoms with Gasteiger partial charge in [0.1, 0.15) is 0 Å². The van der Waals surface area contributed by atoms with Gasteiger partial charge in [-0.05, 0) is 18.6 Å². The topological polar surface area (TPSA) is 30.2 Å². The van der Waals surface area contributed by atoms with E-state index in [0.717, 1.165) is 5.56 Å². The molecule has 154 valence electrons. The van der Waals surface area contributed by atoms with Crippen LogP contribution >= 0.6 is 0 Å². The van der Waals surface area contributed by atoms with Crippen molar-refractivity contribution in [2.24, 2.45) is 0 Å². The fraction of sp³-hybridized carbons (Fsp3) is 0.143. The molecule has 30 heavy (non-hydrogen) atoms. The maximum Gasteiger partial charge on any atom is 0.435 e. The number of alkyl halides is 6. The number of rotatable bonds is 2. The first-order valence-electron chi connectivity index (χ1n) is 8.76. The van der Waals surface area contributed by atoms with Crippen molar-refractivity contribution in [3.63, 3.8) is 0 Å². The highest BCUT2D eigenvalue weighted by molar-refractivity contribution is 5.82. The van der Waals surface area contributed by atoms with Crippen LogP contribution in [0.2, 0.25) is 0 Å². The first-order valence-corrected chi connectivity index (χ1v) is 8.76. The average Bonchev–Trinajstić information content (AvgIpc) is 3.07. The quantitative estimate of drug-likeness (QED) is 0.350. The standard InChI is InChI=1S/C21H13F6N3/c1-12-7-9-13(10-8-12)15-11-16(20(22,23)24)30-19(28-15)17(14-5-3-2-4-6-14)18(29-30)21(25,26)27/h2-11H,1H3. The molecule has 0 atom stereocenters. The van der Waals surface area contributed by atoms with Crippen LogP contribution in [-0.2, 0) is 12.4 Å². The van der Waals surface area contributed by atoms with Crippen LogP contribution < -0.4 is 0 Å². The Hall–Kier alpha value is -3.36. The van der Waals surface area contributed by atoms with E-state index in [1.54, 1.807) is 30.3 Å². The molecule has 0 saturated heterocycles. The van der Waals surface area contributed by atoms with Crippen molar-refractivity contribution < 1.29 is 26.3 Å². The molecule has 0 N–H and O–H groups in total. The normalized spacial score (nSPS) is 12.5. The second-order valence-electron chi connectivity index (χ2n) is 6.71. The average molecular weight is 421 g/mol. The number of fused-ring (bicyclic) bond motifs is 1. The number of nitrogens with zero attached hydrogens (tertiary/aromatic N) is 3. The Kier molecular flexibility index (Phi) is 4.56. The van der Waals surface area contributed by atoms with Gasteiger partial charge in [0.2, 0.25) is 0 Å². The molecule has 0 amide bonds. The molecule has 4 aromatic rings. The molecule has 0 fully saturated rings. The molecule has 0 saturated carbocycles. The molecular weight excluding hydrogens is 408 g/mol. The Bertz CT molecular complexity index is 1210. The third-order valence-electron chi connectivity index (χ3n) is 4.56. The summed E-state index contributed by atoms with van der Waals surface area (Å²) in [7, 11) is 0. The molecule has 9 heteroatoms. The molecule has 0 unspecified atom stereocenters. The lowest BCUT2D eigenvalue weighted by molar-refractivity contribution is -0.146. The van der Waals surface area contributed by atoms with Gasteiger partial charge in [0.25, 0.3) is 0 Å². The summed E-state index contributed by atoms with van der Waals surface area (Å²) in [6, 6.07) is 14.5. The largest absolute Gasteiger partial charge is 0.435 e. The lowest BCUT2D eigenvalue weighted by Crippen LogP contribution is -2.14. The van der Waals surface area contributed by atoms with E-state index in [0.29, 0.717) is 11.6 Å². The number of aromatic nitrogens is 3. The van der Waals surface area contributed by atoms with E-state index in [-0.39, 0.29) is 15.8 Å². The van der Waals surface area contributed by atoms with Gasteiger partial charge >= 0.3 is 12.4 Å². The molecule has 0 aliphatic rings. The van der Waals surface area contributed by atoms with Gasteiger partial charge in [-0.15, -0.1) is 0 Å². The van der Waals surface area contributed by atoms with E-state index in [4.69, 9.17) is 0 Å². The van der Waals surface area contributed by atoms with E-state index in [1.165, 1.54) is 24.3 Å². The Balaban J connectivity index is 2.13. The van der Waals surface area contributed by atoms with E-state index < -0.39 is 35.0 Å². The maximum atomic E-state index is 13.7. The summed E-state index contributed by atoms with van der Waals surface area (Å²) in [6.07, 6.45) is -9.91. The summed E-state index contributed by atoms with van der Waals surface area (Å²) in [5.41, 5.74) is -2.57. The van der Waals surface area contributed by atoms with E-state index in [9.17, 15) is 26.3 Å². The Morgan fingerprint density at radius 3 is 1.97 bits per heavy atom. The Morgan fingerprint density at radius 1 is 0.767 bits per heavy atom. The second-order valence-corrected chi connectivity index (χ2v) is 6.71. The minimum absolute atomic E-state index is 0.0708. The van der Waals surface area contributed by atoms with Crippen molar-refractivity contribution in [1.29, 1.82) is 0 Å². The summed E-state index contributed by atoms with van der Waals surface area (Å²) in [5, 5.41) is 3.28. The molecule has 3 nitrogen and oxygen atoms in total. The van der Waals surface area contributed by atoms with Gasteiger partial charge in [-0.3, -0.25) is 0 Å². The summed E-state index contributed by atoms with van der Waals surface area (Å²) in [6.45, 7) is 1.81.